The van der Waals surface area contributed by atoms with Crippen LogP contribution in [0.25, 0.3) is 0 Å². The van der Waals surface area contributed by atoms with Crippen LogP contribution in [0.4, 0.5) is 0 Å². The van der Waals surface area contributed by atoms with E-state index in [-0.39, 0.29) is 29.0 Å². The van der Waals surface area contributed by atoms with Crippen molar-refractivity contribution in [2.75, 3.05) is 13.2 Å². The molecule has 0 radical (unpaired) electrons. The average molecular weight is 365 g/mol. The maximum atomic E-state index is 12.2. The Kier molecular flexibility index (Phi) is 4.51. The minimum atomic E-state index is -0.708. The Morgan fingerprint density at radius 2 is 1.67 bits per heavy atom. The molecule has 1 aliphatic heterocycles. The van der Waals surface area contributed by atoms with Crippen molar-refractivity contribution in [1.82, 2.24) is 9.88 Å². The standard InChI is InChI=1S/C16H10Cl2N2O4/c17-12-6-5-11(13(18)19-12)16(23)24-8-7-20-14(21)9-3-1-2-4-10(9)15(20)22/h1-6H,7-8H2. The van der Waals surface area contributed by atoms with Crippen LogP contribution in [0.2, 0.25) is 10.3 Å². The highest BCUT2D eigenvalue weighted by atomic mass is 35.5. The molecule has 0 saturated heterocycles. The number of hydrogen-bond donors (Lipinski definition) is 0. The minimum Gasteiger partial charge on any atom is -0.460 e. The minimum absolute atomic E-state index is 0.0449. The van der Waals surface area contributed by atoms with Gasteiger partial charge in [0, 0.05) is 0 Å². The van der Waals surface area contributed by atoms with E-state index in [2.05, 4.69) is 4.98 Å². The van der Waals surface area contributed by atoms with Crippen LogP contribution in [0.3, 0.4) is 0 Å². The van der Waals surface area contributed by atoms with Crippen LogP contribution in [0.15, 0.2) is 36.4 Å². The number of benzene rings is 1. The maximum absolute atomic E-state index is 12.2. The number of carbonyl (C=O) groups is 3. The number of amides is 2. The highest BCUT2D eigenvalue weighted by Crippen LogP contribution is 2.22. The third-order valence-corrected chi connectivity index (χ3v) is 3.96. The lowest BCUT2D eigenvalue weighted by Gasteiger charge is -2.14. The fourth-order valence-electron chi connectivity index (χ4n) is 2.31. The zero-order valence-electron chi connectivity index (χ0n) is 12.2. The zero-order valence-corrected chi connectivity index (χ0v) is 13.7. The van der Waals surface area contributed by atoms with Crippen LogP contribution in [0.1, 0.15) is 31.1 Å². The Morgan fingerprint density at radius 3 is 2.25 bits per heavy atom. The Balaban J connectivity index is 1.62. The van der Waals surface area contributed by atoms with E-state index < -0.39 is 17.8 Å². The quantitative estimate of drug-likeness (QED) is 0.473. The van der Waals surface area contributed by atoms with Gasteiger partial charge in [0.2, 0.25) is 0 Å². The molecule has 0 fully saturated rings. The molecule has 0 spiro atoms. The summed E-state index contributed by atoms with van der Waals surface area (Å²) in [5.74, 6) is -1.52. The third-order valence-electron chi connectivity index (χ3n) is 3.46. The van der Waals surface area contributed by atoms with E-state index in [1.165, 1.54) is 12.1 Å². The molecule has 1 aliphatic rings. The van der Waals surface area contributed by atoms with Crippen molar-refractivity contribution in [3.8, 4) is 0 Å². The number of halogens is 2. The fraction of sp³-hybridized carbons (Fsp3) is 0.125. The summed E-state index contributed by atoms with van der Waals surface area (Å²) < 4.78 is 5.05. The van der Waals surface area contributed by atoms with Crippen LogP contribution in [0, 0.1) is 0 Å². The number of esters is 1. The number of pyridine rings is 1. The number of imide groups is 1. The highest BCUT2D eigenvalue weighted by molar-refractivity contribution is 6.34. The number of hydrogen-bond acceptors (Lipinski definition) is 5. The molecule has 0 saturated carbocycles. The van der Waals surface area contributed by atoms with Gasteiger partial charge in [-0.2, -0.15) is 0 Å². The molecule has 2 amide bonds. The van der Waals surface area contributed by atoms with Crippen LogP contribution in [-0.2, 0) is 4.74 Å². The van der Waals surface area contributed by atoms with Gasteiger partial charge in [-0.25, -0.2) is 9.78 Å². The van der Waals surface area contributed by atoms with Crippen molar-refractivity contribution in [2.24, 2.45) is 0 Å². The number of aromatic nitrogens is 1. The van der Waals surface area contributed by atoms with E-state index in [9.17, 15) is 14.4 Å². The predicted octanol–water partition coefficient (Wildman–Crippen LogP) is 2.84. The lowest BCUT2D eigenvalue weighted by Crippen LogP contribution is -2.33. The van der Waals surface area contributed by atoms with E-state index in [0.29, 0.717) is 11.1 Å². The summed E-state index contributed by atoms with van der Waals surface area (Å²) in [4.78, 5) is 41.1. The fourth-order valence-corrected chi connectivity index (χ4v) is 2.74. The summed E-state index contributed by atoms with van der Waals surface area (Å²) in [6, 6.07) is 9.34. The average Bonchev–Trinajstić information content (AvgIpc) is 2.80. The van der Waals surface area contributed by atoms with Crippen LogP contribution in [0.5, 0.6) is 0 Å². The molecule has 2 heterocycles. The second-order valence-electron chi connectivity index (χ2n) is 4.92. The first-order valence-corrected chi connectivity index (χ1v) is 7.69. The highest BCUT2D eigenvalue weighted by Gasteiger charge is 2.34. The molecular formula is C16H10Cl2N2O4. The molecule has 0 unspecified atom stereocenters. The van der Waals surface area contributed by atoms with Crippen molar-refractivity contribution < 1.29 is 19.1 Å². The molecule has 0 atom stereocenters. The monoisotopic (exact) mass is 364 g/mol. The van der Waals surface area contributed by atoms with Gasteiger partial charge in [-0.05, 0) is 24.3 Å². The molecule has 3 rings (SSSR count). The summed E-state index contributed by atoms with van der Waals surface area (Å²) in [7, 11) is 0. The van der Waals surface area contributed by atoms with Gasteiger partial charge < -0.3 is 4.74 Å². The lowest BCUT2D eigenvalue weighted by atomic mass is 10.1. The van der Waals surface area contributed by atoms with Crippen molar-refractivity contribution in [2.45, 2.75) is 0 Å². The summed E-state index contributed by atoms with van der Waals surface area (Å²) in [6.07, 6.45) is 0. The van der Waals surface area contributed by atoms with Crippen LogP contribution >= 0.6 is 23.2 Å². The van der Waals surface area contributed by atoms with E-state index >= 15 is 0 Å². The van der Waals surface area contributed by atoms with Crippen molar-refractivity contribution >= 4 is 41.0 Å². The van der Waals surface area contributed by atoms with Gasteiger partial charge in [0.1, 0.15) is 16.9 Å². The Labute approximate surface area is 146 Å². The first kappa shape index (κ1) is 16.4. The second-order valence-corrected chi connectivity index (χ2v) is 5.66. The first-order chi connectivity index (χ1) is 11.5. The molecule has 0 aliphatic carbocycles. The Hall–Kier alpha value is -2.44. The van der Waals surface area contributed by atoms with E-state index in [1.807, 2.05) is 0 Å². The summed E-state index contributed by atoms with van der Waals surface area (Å²) in [5, 5.41) is 0.0794. The predicted molar refractivity (Wildman–Crippen MR) is 86.3 cm³/mol. The van der Waals surface area contributed by atoms with Crippen molar-refractivity contribution in [1.29, 1.82) is 0 Å². The van der Waals surface area contributed by atoms with Gasteiger partial charge in [-0.1, -0.05) is 35.3 Å². The second kappa shape index (κ2) is 6.59. The largest absolute Gasteiger partial charge is 0.460 e. The Bertz CT molecular complexity index is 819. The molecular weight excluding hydrogens is 355 g/mol. The molecule has 1 aromatic carbocycles. The van der Waals surface area contributed by atoms with Crippen LogP contribution < -0.4 is 0 Å². The molecule has 2 aromatic rings. The molecule has 0 bridgehead atoms. The SMILES string of the molecule is O=C(OCCN1C(=O)c2ccccc2C1=O)c1ccc(Cl)nc1Cl. The first-order valence-electron chi connectivity index (χ1n) is 6.93. The summed E-state index contributed by atoms with van der Waals surface area (Å²) in [5.41, 5.74) is 0.751. The van der Waals surface area contributed by atoms with Gasteiger partial charge in [0.15, 0.2) is 0 Å². The van der Waals surface area contributed by atoms with Gasteiger partial charge in [-0.3, -0.25) is 14.5 Å². The smallest absolute Gasteiger partial charge is 0.341 e. The summed E-state index contributed by atoms with van der Waals surface area (Å²) >= 11 is 11.5. The van der Waals surface area contributed by atoms with E-state index in [1.54, 1.807) is 24.3 Å². The Morgan fingerprint density at radius 1 is 1.04 bits per heavy atom. The number of carbonyl (C=O) groups excluding carboxylic acids is 3. The molecule has 24 heavy (non-hydrogen) atoms. The van der Waals surface area contributed by atoms with Crippen LogP contribution in [-0.4, -0.2) is 40.8 Å². The lowest BCUT2D eigenvalue weighted by molar-refractivity contribution is 0.0420. The summed E-state index contributed by atoms with van der Waals surface area (Å²) in [6.45, 7) is -0.194. The van der Waals surface area contributed by atoms with E-state index in [4.69, 9.17) is 27.9 Å². The van der Waals surface area contributed by atoms with Gasteiger partial charge in [0.05, 0.1) is 23.2 Å². The zero-order chi connectivity index (χ0) is 17.3. The maximum Gasteiger partial charge on any atom is 0.341 e. The van der Waals surface area contributed by atoms with Crippen molar-refractivity contribution in [3.63, 3.8) is 0 Å². The van der Waals surface area contributed by atoms with Gasteiger partial charge in [-0.15, -0.1) is 0 Å². The van der Waals surface area contributed by atoms with Crippen molar-refractivity contribution in [3.05, 3.63) is 63.4 Å². The topological polar surface area (TPSA) is 76.6 Å². The molecule has 8 heteroatoms. The number of ether oxygens (including phenoxy) is 1. The number of fused-ring (bicyclic) bond motifs is 1. The van der Waals surface area contributed by atoms with Gasteiger partial charge in [0.25, 0.3) is 11.8 Å². The molecule has 122 valence electrons. The molecule has 0 N–H and O–H groups in total. The van der Waals surface area contributed by atoms with Gasteiger partial charge >= 0.3 is 5.97 Å². The number of rotatable bonds is 4. The normalized spacial score (nSPS) is 13.2. The van der Waals surface area contributed by atoms with E-state index in [0.717, 1.165) is 4.90 Å². The number of nitrogens with zero attached hydrogens (tertiary/aromatic N) is 2. The molecule has 1 aromatic heterocycles. The molecule has 6 nitrogen and oxygen atoms in total. The third kappa shape index (κ3) is 2.98.